The van der Waals surface area contributed by atoms with E-state index in [9.17, 15) is 14.4 Å². The van der Waals surface area contributed by atoms with Crippen molar-refractivity contribution in [1.82, 2.24) is 0 Å². The van der Waals surface area contributed by atoms with Gasteiger partial charge in [-0.15, -0.1) is 0 Å². The number of unbranched alkanes of at least 4 members (excludes halogenated alkanes) is 31. The first kappa shape index (κ1) is 72.3. The molecule has 0 bridgehead atoms. The third-order valence-electron chi connectivity index (χ3n) is 13.8. The van der Waals surface area contributed by atoms with E-state index in [2.05, 4.69) is 118 Å². The summed E-state index contributed by atoms with van der Waals surface area (Å²) in [5.41, 5.74) is 0. The molecule has 0 rings (SSSR count). The zero-order valence-electron chi connectivity index (χ0n) is 50.0. The summed E-state index contributed by atoms with van der Waals surface area (Å²) in [5, 5.41) is 0. The number of hydrogen-bond donors (Lipinski definition) is 0. The lowest BCUT2D eigenvalue weighted by Gasteiger charge is -2.18. The zero-order valence-corrected chi connectivity index (χ0v) is 50.0. The van der Waals surface area contributed by atoms with Crippen LogP contribution in [0.5, 0.6) is 0 Å². The van der Waals surface area contributed by atoms with Crippen LogP contribution in [-0.4, -0.2) is 37.2 Å². The fraction of sp³-hybridized carbons (Fsp3) is 0.729. The highest BCUT2D eigenvalue weighted by Crippen LogP contribution is 2.16. The third-order valence-corrected chi connectivity index (χ3v) is 13.8. The Labute approximate surface area is 470 Å². The minimum absolute atomic E-state index is 0.0843. The van der Waals surface area contributed by atoms with E-state index in [4.69, 9.17) is 14.2 Å². The number of allylic oxidation sites excluding steroid dienone is 16. The van der Waals surface area contributed by atoms with Gasteiger partial charge in [0.2, 0.25) is 0 Å². The molecule has 6 heteroatoms. The van der Waals surface area contributed by atoms with Gasteiger partial charge in [-0.1, -0.05) is 285 Å². The lowest BCUT2D eigenvalue weighted by molar-refractivity contribution is -0.167. The Morgan fingerprint density at radius 2 is 0.513 bits per heavy atom. The molecule has 0 aliphatic carbocycles. The highest BCUT2D eigenvalue weighted by atomic mass is 16.6. The zero-order chi connectivity index (χ0) is 55.0. The molecule has 0 fully saturated rings. The van der Waals surface area contributed by atoms with E-state index in [1.54, 1.807) is 0 Å². The maximum atomic E-state index is 12.9. The average Bonchev–Trinajstić information content (AvgIpc) is 3.42. The maximum Gasteiger partial charge on any atom is 0.306 e. The number of hydrogen-bond acceptors (Lipinski definition) is 6. The Balaban J connectivity index is 4.34. The molecule has 0 amide bonds. The van der Waals surface area contributed by atoms with Gasteiger partial charge in [0.1, 0.15) is 13.2 Å². The van der Waals surface area contributed by atoms with Crippen molar-refractivity contribution in [2.75, 3.05) is 13.2 Å². The standard InChI is InChI=1S/C70H120O6/c1-4-7-10-13-16-19-22-25-28-30-31-32-33-34-35-36-37-38-39-40-43-45-48-51-54-57-60-63-69(72)75-66-67(65-74-68(71)62-59-56-53-50-47-44-41-27-24-21-18-15-12-9-6-3)76-70(73)64-61-58-55-52-49-46-42-29-26-23-20-17-14-11-8-5-2/h7,10,16,18-19,21,25,27-28,31-32,34-35,37-38,41,67H,4-6,8-9,11-15,17,20,22-24,26,29-30,33,36,39-40,42-66H2,1-3H3/b10-7-,19-16-,21-18-,28-25-,32-31-,35-34-,38-37-,41-27-. The molecule has 1 atom stereocenters. The van der Waals surface area contributed by atoms with Crippen molar-refractivity contribution in [2.45, 2.75) is 316 Å². The van der Waals surface area contributed by atoms with Gasteiger partial charge in [0, 0.05) is 19.3 Å². The first-order chi connectivity index (χ1) is 37.5. The lowest BCUT2D eigenvalue weighted by atomic mass is 10.0. The highest BCUT2D eigenvalue weighted by molar-refractivity contribution is 5.71. The molecule has 0 N–H and O–H groups in total. The van der Waals surface area contributed by atoms with Gasteiger partial charge in [0.05, 0.1) is 0 Å². The molecule has 0 aromatic carbocycles. The largest absolute Gasteiger partial charge is 0.462 e. The molecule has 0 aromatic rings. The fourth-order valence-corrected chi connectivity index (χ4v) is 9.01. The van der Waals surface area contributed by atoms with Crippen LogP contribution in [-0.2, 0) is 28.6 Å². The quantitative estimate of drug-likeness (QED) is 0.0261. The van der Waals surface area contributed by atoms with E-state index < -0.39 is 6.10 Å². The minimum Gasteiger partial charge on any atom is -0.462 e. The number of carbonyl (C=O) groups excluding carboxylic acids is 3. The summed E-state index contributed by atoms with van der Waals surface area (Å²) >= 11 is 0. The molecule has 0 saturated carbocycles. The van der Waals surface area contributed by atoms with Gasteiger partial charge < -0.3 is 14.2 Å². The molecular formula is C70H120O6. The third kappa shape index (κ3) is 61.2. The second kappa shape index (κ2) is 63.9. The van der Waals surface area contributed by atoms with Crippen molar-refractivity contribution in [1.29, 1.82) is 0 Å². The van der Waals surface area contributed by atoms with Gasteiger partial charge in [0.25, 0.3) is 0 Å². The summed E-state index contributed by atoms with van der Waals surface area (Å²) in [4.78, 5) is 38.3. The SMILES string of the molecule is CC/C=C\C/C=C\C/C=C\C/C=C\C/C=C\C/C=C\CCCCCCCCCCC(=O)OCC(COC(=O)CCCCCCC/C=C\C/C=C\CCCCC)OC(=O)CCCCCCCCCCCCCCCCCC. The first-order valence-corrected chi connectivity index (χ1v) is 32.2. The summed E-state index contributed by atoms with van der Waals surface area (Å²) in [7, 11) is 0. The highest BCUT2D eigenvalue weighted by Gasteiger charge is 2.19. The van der Waals surface area contributed by atoms with Gasteiger partial charge in [0.15, 0.2) is 6.10 Å². The predicted molar refractivity (Wildman–Crippen MR) is 330 cm³/mol. The van der Waals surface area contributed by atoms with Crippen LogP contribution < -0.4 is 0 Å². The van der Waals surface area contributed by atoms with Crippen molar-refractivity contribution in [2.24, 2.45) is 0 Å². The molecule has 0 heterocycles. The van der Waals surface area contributed by atoms with Crippen molar-refractivity contribution in [3.8, 4) is 0 Å². The van der Waals surface area contributed by atoms with E-state index >= 15 is 0 Å². The second-order valence-electron chi connectivity index (χ2n) is 21.3. The Morgan fingerprint density at radius 3 is 0.829 bits per heavy atom. The van der Waals surface area contributed by atoms with Gasteiger partial charge in [-0.3, -0.25) is 14.4 Å². The topological polar surface area (TPSA) is 78.9 Å². The smallest absolute Gasteiger partial charge is 0.306 e. The molecular weight excluding hydrogens is 937 g/mol. The number of esters is 3. The summed E-state index contributed by atoms with van der Waals surface area (Å²) in [5.74, 6) is -0.893. The van der Waals surface area contributed by atoms with Gasteiger partial charge in [-0.05, 0) is 103 Å². The second-order valence-corrected chi connectivity index (χ2v) is 21.3. The monoisotopic (exact) mass is 1060 g/mol. The molecule has 76 heavy (non-hydrogen) atoms. The Morgan fingerprint density at radius 1 is 0.276 bits per heavy atom. The van der Waals surface area contributed by atoms with Crippen LogP contribution >= 0.6 is 0 Å². The van der Waals surface area contributed by atoms with Gasteiger partial charge in [-0.2, -0.15) is 0 Å². The molecule has 6 nitrogen and oxygen atoms in total. The van der Waals surface area contributed by atoms with Crippen LogP contribution in [0.15, 0.2) is 97.2 Å². The van der Waals surface area contributed by atoms with Crippen LogP contribution in [0.25, 0.3) is 0 Å². The van der Waals surface area contributed by atoms with E-state index in [0.29, 0.717) is 19.3 Å². The number of ether oxygens (including phenoxy) is 3. The summed E-state index contributed by atoms with van der Waals surface area (Å²) in [6.45, 7) is 6.51. The van der Waals surface area contributed by atoms with Crippen LogP contribution in [0.2, 0.25) is 0 Å². The minimum atomic E-state index is -0.787. The van der Waals surface area contributed by atoms with Crippen molar-refractivity contribution in [3.63, 3.8) is 0 Å². The molecule has 436 valence electrons. The van der Waals surface area contributed by atoms with Crippen molar-refractivity contribution >= 4 is 17.9 Å². The van der Waals surface area contributed by atoms with Crippen molar-refractivity contribution in [3.05, 3.63) is 97.2 Å². The molecule has 0 aliphatic heterocycles. The Bertz CT molecular complexity index is 1490. The van der Waals surface area contributed by atoms with Crippen LogP contribution in [0.1, 0.15) is 310 Å². The molecule has 0 aromatic heterocycles. The first-order valence-electron chi connectivity index (χ1n) is 32.2. The average molecular weight is 1060 g/mol. The van der Waals surface area contributed by atoms with E-state index in [0.717, 1.165) is 122 Å². The summed E-state index contributed by atoms with van der Waals surface area (Å²) < 4.78 is 16.9. The van der Waals surface area contributed by atoms with E-state index in [-0.39, 0.29) is 31.1 Å². The fourth-order valence-electron chi connectivity index (χ4n) is 9.01. The van der Waals surface area contributed by atoms with Crippen LogP contribution in [0.3, 0.4) is 0 Å². The predicted octanol–water partition coefficient (Wildman–Crippen LogP) is 22.0. The lowest BCUT2D eigenvalue weighted by Crippen LogP contribution is -2.30. The van der Waals surface area contributed by atoms with Gasteiger partial charge >= 0.3 is 17.9 Å². The van der Waals surface area contributed by atoms with Crippen molar-refractivity contribution < 1.29 is 28.6 Å². The Kier molecular flexibility index (Phi) is 60.8. The molecule has 1 unspecified atom stereocenters. The Hall–Kier alpha value is -3.67. The molecule has 0 radical (unpaired) electrons. The number of carbonyl (C=O) groups is 3. The number of rotatable bonds is 58. The van der Waals surface area contributed by atoms with Crippen LogP contribution in [0.4, 0.5) is 0 Å². The molecule has 0 saturated heterocycles. The maximum absolute atomic E-state index is 12.9. The van der Waals surface area contributed by atoms with E-state index in [1.165, 1.54) is 148 Å². The molecule has 0 spiro atoms. The normalized spacial score (nSPS) is 12.7. The summed E-state index contributed by atoms with van der Waals surface area (Å²) in [6, 6.07) is 0. The van der Waals surface area contributed by atoms with E-state index in [1.807, 2.05) is 0 Å². The summed E-state index contributed by atoms with van der Waals surface area (Å²) in [6.07, 6.45) is 85.5. The molecule has 0 aliphatic rings. The van der Waals surface area contributed by atoms with Crippen LogP contribution in [0, 0.1) is 0 Å². The van der Waals surface area contributed by atoms with Gasteiger partial charge in [-0.25, -0.2) is 0 Å².